The topological polar surface area (TPSA) is 55.6 Å². The first-order valence-corrected chi connectivity index (χ1v) is 7.21. The van der Waals surface area contributed by atoms with Crippen molar-refractivity contribution in [1.29, 1.82) is 0 Å². The van der Waals surface area contributed by atoms with Crippen LogP contribution >= 0.6 is 0 Å². The predicted octanol–water partition coefficient (Wildman–Crippen LogP) is 2.44. The van der Waals surface area contributed by atoms with Gasteiger partial charge in [0.25, 0.3) is 0 Å². The minimum absolute atomic E-state index is 0.719. The second-order valence-corrected chi connectivity index (χ2v) is 4.98. The van der Waals surface area contributed by atoms with Gasteiger partial charge in [0, 0.05) is 31.2 Å². The molecule has 0 saturated carbocycles. The molecule has 2 aromatic heterocycles. The Kier molecular flexibility index (Phi) is 3.92. The highest BCUT2D eigenvalue weighted by Crippen LogP contribution is 2.18. The number of nitrogens with zero attached hydrogens (tertiary/aromatic N) is 4. The first-order valence-electron chi connectivity index (χ1n) is 7.21. The smallest absolute Gasteiger partial charge is 0.125 e. The molecule has 0 fully saturated rings. The molecule has 0 radical (unpaired) electrons. The molecule has 0 aliphatic rings. The Bertz CT molecular complexity index is 747. The number of nitrogens with one attached hydrogen (secondary N) is 1. The van der Waals surface area contributed by atoms with Crippen LogP contribution in [0.2, 0.25) is 0 Å². The first-order chi connectivity index (χ1) is 10.3. The van der Waals surface area contributed by atoms with Gasteiger partial charge in [-0.3, -0.25) is 4.68 Å². The van der Waals surface area contributed by atoms with Crippen molar-refractivity contribution in [3.63, 3.8) is 0 Å². The van der Waals surface area contributed by atoms with Crippen LogP contribution < -0.4 is 5.32 Å². The molecule has 1 N–H and O–H groups in total. The zero-order chi connectivity index (χ0) is 14.7. The number of hydrogen-bond donors (Lipinski definition) is 1. The van der Waals surface area contributed by atoms with Crippen molar-refractivity contribution in [2.24, 2.45) is 0 Å². The largest absolute Gasteiger partial charge is 0.305 e. The van der Waals surface area contributed by atoms with E-state index in [0.717, 1.165) is 36.8 Å². The Morgan fingerprint density at radius 1 is 1.14 bits per heavy atom. The van der Waals surface area contributed by atoms with E-state index in [4.69, 9.17) is 0 Å². The van der Waals surface area contributed by atoms with E-state index in [0.29, 0.717) is 0 Å². The van der Waals surface area contributed by atoms with E-state index in [1.807, 2.05) is 17.7 Å². The third-order valence-corrected chi connectivity index (χ3v) is 3.47. The summed E-state index contributed by atoms with van der Waals surface area (Å²) in [7, 11) is 0. The van der Waals surface area contributed by atoms with E-state index in [9.17, 15) is 0 Å². The molecule has 0 bridgehead atoms. The molecule has 5 heteroatoms. The highest BCUT2D eigenvalue weighted by Gasteiger charge is 2.08. The molecule has 3 aromatic rings. The summed E-state index contributed by atoms with van der Waals surface area (Å²) in [4.78, 5) is 8.50. The van der Waals surface area contributed by atoms with E-state index < -0.39 is 0 Å². The Labute approximate surface area is 124 Å². The molecule has 0 unspecified atom stereocenters. The average molecular weight is 281 g/mol. The summed E-state index contributed by atoms with van der Waals surface area (Å²) in [5, 5.41) is 9.30. The monoisotopic (exact) mass is 281 g/mol. The molecule has 0 aliphatic heterocycles. The van der Waals surface area contributed by atoms with Crippen LogP contribution in [-0.2, 0) is 19.6 Å². The normalized spacial score (nSPS) is 11.1. The van der Waals surface area contributed by atoms with E-state index in [2.05, 4.69) is 51.6 Å². The molecule has 1 aromatic carbocycles. The maximum absolute atomic E-state index is 4.68. The summed E-state index contributed by atoms with van der Waals surface area (Å²) in [6.07, 6.45) is 1.79. The van der Waals surface area contributed by atoms with Gasteiger partial charge in [0.1, 0.15) is 5.82 Å². The molecule has 5 nitrogen and oxygen atoms in total. The van der Waals surface area contributed by atoms with Crippen LogP contribution in [-0.4, -0.2) is 19.7 Å². The molecule has 0 atom stereocenters. The van der Waals surface area contributed by atoms with E-state index >= 15 is 0 Å². The van der Waals surface area contributed by atoms with Crippen LogP contribution in [0.15, 0.2) is 36.5 Å². The second kappa shape index (κ2) is 6.01. The van der Waals surface area contributed by atoms with Crippen LogP contribution in [0.1, 0.15) is 24.1 Å². The van der Waals surface area contributed by atoms with Gasteiger partial charge in [-0.25, -0.2) is 9.97 Å². The van der Waals surface area contributed by atoms with Crippen molar-refractivity contribution in [3.05, 3.63) is 53.7 Å². The fraction of sp³-hybridized carbons (Fsp3) is 0.312. The van der Waals surface area contributed by atoms with Gasteiger partial charge in [-0.05, 0) is 26.0 Å². The van der Waals surface area contributed by atoms with Crippen molar-refractivity contribution in [3.8, 4) is 0 Å². The van der Waals surface area contributed by atoms with E-state index in [1.54, 1.807) is 6.20 Å². The van der Waals surface area contributed by atoms with E-state index in [1.165, 1.54) is 10.9 Å². The molecule has 0 saturated heterocycles. The molecule has 3 rings (SSSR count). The van der Waals surface area contributed by atoms with Crippen LogP contribution in [0.3, 0.4) is 0 Å². The third-order valence-electron chi connectivity index (χ3n) is 3.47. The number of aryl methyl sites for hydroxylation is 2. The Hall–Kier alpha value is -2.27. The quantitative estimate of drug-likeness (QED) is 0.780. The summed E-state index contributed by atoms with van der Waals surface area (Å²) in [5.41, 5.74) is 3.27. The number of fused-ring (bicyclic) bond motifs is 1. The Morgan fingerprint density at radius 2 is 2.00 bits per heavy atom. The maximum atomic E-state index is 4.68. The molecule has 0 spiro atoms. The second-order valence-electron chi connectivity index (χ2n) is 4.98. The van der Waals surface area contributed by atoms with Crippen molar-refractivity contribution < 1.29 is 0 Å². The van der Waals surface area contributed by atoms with Gasteiger partial charge < -0.3 is 5.32 Å². The third kappa shape index (κ3) is 2.92. The zero-order valence-corrected chi connectivity index (χ0v) is 12.4. The van der Waals surface area contributed by atoms with Gasteiger partial charge >= 0.3 is 0 Å². The zero-order valence-electron chi connectivity index (χ0n) is 12.4. The van der Waals surface area contributed by atoms with Crippen LogP contribution in [0, 0.1) is 6.92 Å². The van der Waals surface area contributed by atoms with Gasteiger partial charge in [0.05, 0.1) is 16.9 Å². The van der Waals surface area contributed by atoms with Gasteiger partial charge in [0.2, 0.25) is 0 Å². The fourth-order valence-electron chi connectivity index (χ4n) is 2.48. The summed E-state index contributed by atoms with van der Waals surface area (Å²) < 4.78 is 2.04. The van der Waals surface area contributed by atoms with Gasteiger partial charge in [-0.1, -0.05) is 18.2 Å². The van der Waals surface area contributed by atoms with Crippen molar-refractivity contribution in [2.45, 2.75) is 33.5 Å². The van der Waals surface area contributed by atoms with Crippen molar-refractivity contribution in [1.82, 2.24) is 25.1 Å². The Morgan fingerprint density at radius 3 is 2.81 bits per heavy atom. The lowest BCUT2D eigenvalue weighted by atomic mass is 10.2. The number of rotatable bonds is 5. The summed E-state index contributed by atoms with van der Waals surface area (Å²) in [6.45, 7) is 6.35. The van der Waals surface area contributed by atoms with Crippen LogP contribution in [0.5, 0.6) is 0 Å². The first kappa shape index (κ1) is 13.7. The fourth-order valence-corrected chi connectivity index (χ4v) is 2.48. The SMILES string of the molecule is CCn1nc(CNCc2ccnc(C)n2)c2ccccc21. The lowest BCUT2D eigenvalue weighted by Gasteiger charge is -2.03. The molecule has 2 heterocycles. The molecule has 0 amide bonds. The molecular weight excluding hydrogens is 262 g/mol. The summed E-state index contributed by atoms with van der Waals surface area (Å²) >= 11 is 0. The summed E-state index contributed by atoms with van der Waals surface area (Å²) in [6, 6.07) is 10.3. The molecule has 108 valence electrons. The van der Waals surface area contributed by atoms with Gasteiger partial charge in [0.15, 0.2) is 0 Å². The number of aromatic nitrogens is 4. The van der Waals surface area contributed by atoms with Crippen molar-refractivity contribution in [2.75, 3.05) is 0 Å². The lowest BCUT2D eigenvalue weighted by molar-refractivity contribution is 0.625. The molecule has 0 aliphatic carbocycles. The van der Waals surface area contributed by atoms with Crippen molar-refractivity contribution >= 4 is 10.9 Å². The average Bonchev–Trinajstić information content (AvgIpc) is 2.86. The van der Waals surface area contributed by atoms with Crippen LogP contribution in [0.25, 0.3) is 10.9 Å². The number of hydrogen-bond acceptors (Lipinski definition) is 4. The minimum Gasteiger partial charge on any atom is -0.305 e. The lowest BCUT2D eigenvalue weighted by Crippen LogP contribution is -2.15. The highest BCUT2D eigenvalue weighted by atomic mass is 15.3. The molecular formula is C16H19N5. The summed E-state index contributed by atoms with van der Waals surface area (Å²) in [5.74, 6) is 0.801. The van der Waals surface area contributed by atoms with Crippen LogP contribution in [0.4, 0.5) is 0 Å². The number of benzene rings is 1. The Balaban J connectivity index is 1.73. The highest BCUT2D eigenvalue weighted by molar-refractivity contribution is 5.81. The predicted molar refractivity (Wildman–Crippen MR) is 82.7 cm³/mol. The van der Waals surface area contributed by atoms with Gasteiger partial charge in [-0.15, -0.1) is 0 Å². The standard InChI is InChI=1S/C16H19N5/c1-3-21-16-7-5-4-6-14(16)15(20-21)11-17-10-13-8-9-18-12(2)19-13/h4-9,17H,3,10-11H2,1-2H3. The number of para-hydroxylation sites is 1. The van der Waals surface area contributed by atoms with Gasteiger partial charge in [-0.2, -0.15) is 5.10 Å². The molecule has 21 heavy (non-hydrogen) atoms. The minimum atomic E-state index is 0.719. The maximum Gasteiger partial charge on any atom is 0.125 e. The van der Waals surface area contributed by atoms with E-state index in [-0.39, 0.29) is 0 Å².